The number of methoxy groups -OCH3 is 1. The van der Waals surface area contributed by atoms with E-state index < -0.39 is 0 Å². The van der Waals surface area contributed by atoms with E-state index in [0.717, 1.165) is 0 Å². The SMILES string of the molecule is CCOc1ccc(C(=O)Nc2ccccc2C(=O)N(C)C)cc1OC. The molecule has 2 amide bonds. The van der Waals surface area contributed by atoms with Gasteiger partial charge in [0.1, 0.15) is 0 Å². The predicted molar refractivity (Wildman–Crippen MR) is 96.6 cm³/mol. The summed E-state index contributed by atoms with van der Waals surface area (Å²) in [6, 6.07) is 11.8. The van der Waals surface area contributed by atoms with Gasteiger partial charge in [-0.3, -0.25) is 9.59 Å². The number of benzene rings is 2. The van der Waals surface area contributed by atoms with Crippen LogP contribution in [0.25, 0.3) is 0 Å². The van der Waals surface area contributed by atoms with Gasteiger partial charge in [0, 0.05) is 19.7 Å². The largest absolute Gasteiger partial charge is 0.493 e. The summed E-state index contributed by atoms with van der Waals surface area (Å²) in [5.41, 5.74) is 1.30. The van der Waals surface area contributed by atoms with Gasteiger partial charge in [-0.05, 0) is 37.3 Å². The Hall–Kier alpha value is -3.02. The molecule has 0 aliphatic carbocycles. The maximum atomic E-state index is 12.6. The molecule has 6 nitrogen and oxygen atoms in total. The summed E-state index contributed by atoms with van der Waals surface area (Å²) >= 11 is 0. The van der Waals surface area contributed by atoms with Crippen LogP contribution < -0.4 is 14.8 Å². The minimum absolute atomic E-state index is 0.180. The van der Waals surface area contributed by atoms with Crippen LogP contribution in [0, 0.1) is 0 Å². The lowest BCUT2D eigenvalue weighted by atomic mass is 10.1. The van der Waals surface area contributed by atoms with Gasteiger partial charge in [-0.2, -0.15) is 0 Å². The lowest BCUT2D eigenvalue weighted by molar-refractivity contribution is 0.0828. The maximum Gasteiger partial charge on any atom is 0.255 e. The third kappa shape index (κ3) is 4.29. The van der Waals surface area contributed by atoms with Crippen molar-refractivity contribution in [2.45, 2.75) is 6.92 Å². The highest BCUT2D eigenvalue weighted by Gasteiger charge is 2.16. The van der Waals surface area contributed by atoms with Crippen molar-refractivity contribution >= 4 is 17.5 Å². The van der Waals surface area contributed by atoms with Crippen LogP contribution in [0.5, 0.6) is 11.5 Å². The van der Waals surface area contributed by atoms with Gasteiger partial charge in [0.2, 0.25) is 0 Å². The minimum Gasteiger partial charge on any atom is -0.493 e. The molecule has 2 aromatic carbocycles. The zero-order valence-corrected chi connectivity index (χ0v) is 14.8. The topological polar surface area (TPSA) is 67.9 Å². The number of anilines is 1. The summed E-state index contributed by atoms with van der Waals surface area (Å²) in [4.78, 5) is 26.3. The number of nitrogens with one attached hydrogen (secondary N) is 1. The molecule has 0 spiro atoms. The Kier molecular flexibility index (Phi) is 6.00. The molecule has 0 saturated heterocycles. The molecular weight excluding hydrogens is 320 g/mol. The van der Waals surface area contributed by atoms with Crippen molar-refractivity contribution in [3.63, 3.8) is 0 Å². The van der Waals surface area contributed by atoms with Crippen LogP contribution in [0.2, 0.25) is 0 Å². The van der Waals surface area contributed by atoms with Gasteiger partial charge in [0.05, 0.1) is 25.0 Å². The van der Waals surface area contributed by atoms with Crippen molar-refractivity contribution in [3.05, 3.63) is 53.6 Å². The van der Waals surface area contributed by atoms with Gasteiger partial charge in [-0.25, -0.2) is 0 Å². The fraction of sp³-hybridized carbons (Fsp3) is 0.263. The summed E-state index contributed by atoms with van der Waals surface area (Å²) in [5, 5.41) is 2.78. The quantitative estimate of drug-likeness (QED) is 0.876. The average Bonchev–Trinajstić information content (AvgIpc) is 2.62. The Morgan fingerprint density at radius 3 is 2.44 bits per heavy atom. The Balaban J connectivity index is 2.27. The molecule has 6 heteroatoms. The number of rotatable bonds is 6. The van der Waals surface area contributed by atoms with Crippen molar-refractivity contribution < 1.29 is 19.1 Å². The Bertz CT molecular complexity index is 772. The van der Waals surface area contributed by atoms with Crippen LogP contribution in [0.4, 0.5) is 5.69 Å². The van der Waals surface area contributed by atoms with Crippen molar-refractivity contribution in [1.29, 1.82) is 0 Å². The number of amides is 2. The molecule has 0 bridgehead atoms. The second-order valence-electron chi connectivity index (χ2n) is 5.50. The molecule has 25 heavy (non-hydrogen) atoms. The van der Waals surface area contributed by atoms with Crippen LogP contribution in [0.15, 0.2) is 42.5 Å². The van der Waals surface area contributed by atoms with Crippen LogP contribution >= 0.6 is 0 Å². The normalized spacial score (nSPS) is 10.1. The molecule has 0 radical (unpaired) electrons. The van der Waals surface area contributed by atoms with E-state index in [0.29, 0.717) is 34.9 Å². The van der Waals surface area contributed by atoms with Gasteiger partial charge >= 0.3 is 0 Å². The summed E-state index contributed by atoms with van der Waals surface area (Å²) in [5.74, 6) is 0.539. The maximum absolute atomic E-state index is 12.6. The fourth-order valence-corrected chi connectivity index (χ4v) is 2.30. The first-order valence-corrected chi connectivity index (χ1v) is 7.90. The van der Waals surface area contributed by atoms with Crippen molar-refractivity contribution in [2.24, 2.45) is 0 Å². The number of ether oxygens (including phenoxy) is 2. The molecule has 0 aromatic heterocycles. The van der Waals surface area contributed by atoms with Crippen molar-refractivity contribution in [2.75, 3.05) is 33.1 Å². The molecule has 0 aliphatic heterocycles. The average molecular weight is 342 g/mol. The fourth-order valence-electron chi connectivity index (χ4n) is 2.30. The smallest absolute Gasteiger partial charge is 0.255 e. The lowest BCUT2D eigenvalue weighted by Crippen LogP contribution is -2.24. The van der Waals surface area contributed by atoms with Gasteiger partial charge in [0.25, 0.3) is 11.8 Å². The third-order valence-electron chi connectivity index (χ3n) is 3.54. The van der Waals surface area contributed by atoms with E-state index in [1.807, 2.05) is 6.92 Å². The van der Waals surface area contributed by atoms with E-state index in [-0.39, 0.29) is 11.8 Å². The molecule has 0 fully saturated rings. The number of para-hydroxylation sites is 1. The number of carbonyl (C=O) groups excluding carboxylic acids is 2. The number of hydrogen-bond acceptors (Lipinski definition) is 4. The second kappa shape index (κ2) is 8.19. The molecule has 0 atom stereocenters. The van der Waals surface area contributed by atoms with E-state index in [2.05, 4.69) is 5.32 Å². The summed E-state index contributed by atoms with van der Waals surface area (Å²) in [6.07, 6.45) is 0. The highest BCUT2D eigenvalue weighted by Crippen LogP contribution is 2.28. The highest BCUT2D eigenvalue weighted by molar-refractivity contribution is 6.09. The zero-order valence-electron chi connectivity index (χ0n) is 14.8. The molecular formula is C19H22N2O4. The van der Waals surface area contributed by atoms with E-state index in [1.165, 1.54) is 12.0 Å². The van der Waals surface area contributed by atoms with Gasteiger partial charge in [-0.15, -0.1) is 0 Å². The van der Waals surface area contributed by atoms with Gasteiger partial charge in [-0.1, -0.05) is 12.1 Å². The monoisotopic (exact) mass is 342 g/mol. The first-order chi connectivity index (χ1) is 12.0. The Morgan fingerprint density at radius 1 is 1.08 bits per heavy atom. The van der Waals surface area contributed by atoms with E-state index in [9.17, 15) is 9.59 Å². The predicted octanol–water partition coefficient (Wildman–Crippen LogP) is 3.05. The minimum atomic E-state index is -0.333. The molecule has 0 heterocycles. The standard InChI is InChI=1S/C19H22N2O4/c1-5-25-16-11-10-13(12-17(16)24-4)18(22)20-15-9-7-6-8-14(15)19(23)21(2)3/h6-12H,5H2,1-4H3,(H,20,22). The van der Waals surface area contributed by atoms with E-state index in [1.54, 1.807) is 56.6 Å². The molecule has 0 saturated carbocycles. The molecule has 0 unspecified atom stereocenters. The summed E-state index contributed by atoms with van der Waals surface area (Å²) in [7, 11) is 4.85. The van der Waals surface area contributed by atoms with Crippen LogP contribution in [-0.4, -0.2) is 44.5 Å². The first kappa shape index (κ1) is 18.3. The number of hydrogen-bond donors (Lipinski definition) is 1. The summed E-state index contributed by atoms with van der Waals surface area (Å²) < 4.78 is 10.7. The van der Waals surface area contributed by atoms with Crippen LogP contribution in [-0.2, 0) is 0 Å². The molecule has 1 N–H and O–H groups in total. The van der Waals surface area contributed by atoms with E-state index in [4.69, 9.17) is 9.47 Å². The second-order valence-corrected chi connectivity index (χ2v) is 5.50. The molecule has 0 aliphatic rings. The summed E-state index contributed by atoms with van der Waals surface area (Å²) in [6.45, 7) is 2.38. The lowest BCUT2D eigenvalue weighted by Gasteiger charge is -2.15. The van der Waals surface area contributed by atoms with E-state index >= 15 is 0 Å². The van der Waals surface area contributed by atoms with Crippen LogP contribution in [0.3, 0.4) is 0 Å². The van der Waals surface area contributed by atoms with Gasteiger partial charge < -0.3 is 19.7 Å². The Labute approximate surface area is 147 Å². The number of nitrogens with zero attached hydrogens (tertiary/aromatic N) is 1. The van der Waals surface area contributed by atoms with Crippen LogP contribution in [0.1, 0.15) is 27.6 Å². The molecule has 2 rings (SSSR count). The molecule has 2 aromatic rings. The Morgan fingerprint density at radius 2 is 1.80 bits per heavy atom. The van der Waals surface area contributed by atoms with Gasteiger partial charge in [0.15, 0.2) is 11.5 Å². The zero-order chi connectivity index (χ0) is 18.4. The number of carbonyl (C=O) groups is 2. The first-order valence-electron chi connectivity index (χ1n) is 7.90. The van der Waals surface area contributed by atoms with Crippen molar-refractivity contribution in [3.8, 4) is 11.5 Å². The third-order valence-corrected chi connectivity index (χ3v) is 3.54. The highest BCUT2D eigenvalue weighted by atomic mass is 16.5. The van der Waals surface area contributed by atoms with Crippen molar-refractivity contribution in [1.82, 2.24) is 4.90 Å². The molecule has 132 valence electrons.